The van der Waals surface area contributed by atoms with Gasteiger partial charge in [-0.3, -0.25) is 0 Å². The standard InChI is InChI=1S/C18H24N2/c1-4-14-15(5-2)18(20)17(19)11-16(14)12(3)13-9-7-6-8-10-13/h6-12H,4-5,19-20H2,1-3H3. The molecule has 2 nitrogen and oxygen atoms in total. The highest BCUT2D eigenvalue weighted by atomic mass is 14.7. The number of nitrogen functional groups attached to an aromatic ring is 2. The first-order valence-electron chi connectivity index (χ1n) is 7.34. The Morgan fingerprint density at radius 1 is 0.950 bits per heavy atom. The van der Waals surface area contributed by atoms with E-state index >= 15 is 0 Å². The van der Waals surface area contributed by atoms with E-state index in [1.54, 1.807) is 0 Å². The number of hydrogen-bond acceptors (Lipinski definition) is 2. The second kappa shape index (κ2) is 6.00. The van der Waals surface area contributed by atoms with Gasteiger partial charge in [-0.15, -0.1) is 0 Å². The van der Waals surface area contributed by atoms with Crippen LogP contribution in [0, 0.1) is 0 Å². The Bertz CT molecular complexity index is 588. The first kappa shape index (κ1) is 14.4. The van der Waals surface area contributed by atoms with Crippen LogP contribution in [0.25, 0.3) is 0 Å². The Hall–Kier alpha value is -1.96. The van der Waals surface area contributed by atoms with Gasteiger partial charge in [0.25, 0.3) is 0 Å². The van der Waals surface area contributed by atoms with E-state index in [9.17, 15) is 0 Å². The second-order valence-corrected chi connectivity index (χ2v) is 5.27. The maximum atomic E-state index is 6.15. The molecule has 0 heterocycles. The molecule has 2 rings (SSSR count). The van der Waals surface area contributed by atoms with Gasteiger partial charge >= 0.3 is 0 Å². The summed E-state index contributed by atoms with van der Waals surface area (Å²) in [4.78, 5) is 0. The molecule has 0 fully saturated rings. The third-order valence-electron chi connectivity index (χ3n) is 4.13. The molecule has 2 heteroatoms. The molecule has 1 atom stereocenters. The maximum absolute atomic E-state index is 6.15. The summed E-state index contributed by atoms with van der Waals surface area (Å²) in [6.07, 6.45) is 1.91. The molecule has 0 spiro atoms. The third-order valence-corrected chi connectivity index (χ3v) is 4.13. The molecule has 20 heavy (non-hydrogen) atoms. The topological polar surface area (TPSA) is 52.0 Å². The highest BCUT2D eigenvalue weighted by molar-refractivity contribution is 5.72. The van der Waals surface area contributed by atoms with Crippen molar-refractivity contribution in [2.75, 3.05) is 11.5 Å². The van der Waals surface area contributed by atoms with Gasteiger partial charge in [0.15, 0.2) is 0 Å². The molecule has 106 valence electrons. The minimum Gasteiger partial charge on any atom is -0.397 e. The van der Waals surface area contributed by atoms with Crippen LogP contribution in [0.3, 0.4) is 0 Å². The Labute approximate surface area is 121 Å². The minimum atomic E-state index is 0.333. The van der Waals surface area contributed by atoms with Gasteiger partial charge in [0.05, 0.1) is 11.4 Å². The van der Waals surface area contributed by atoms with E-state index in [4.69, 9.17) is 11.5 Å². The van der Waals surface area contributed by atoms with Crippen LogP contribution in [0.1, 0.15) is 48.9 Å². The minimum absolute atomic E-state index is 0.333. The highest BCUT2D eigenvalue weighted by Crippen LogP contribution is 2.35. The Kier molecular flexibility index (Phi) is 4.33. The summed E-state index contributed by atoms with van der Waals surface area (Å²) in [5, 5.41) is 0. The number of benzene rings is 2. The first-order chi connectivity index (χ1) is 9.60. The van der Waals surface area contributed by atoms with Crippen LogP contribution in [-0.2, 0) is 12.8 Å². The SMILES string of the molecule is CCc1c(C(C)c2ccccc2)cc(N)c(N)c1CC. The van der Waals surface area contributed by atoms with E-state index in [2.05, 4.69) is 51.1 Å². The van der Waals surface area contributed by atoms with Gasteiger partial charge in [0.1, 0.15) is 0 Å². The zero-order valence-electron chi connectivity index (χ0n) is 12.6. The second-order valence-electron chi connectivity index (χ2n) is 5.27. The molecule has 0 aromatic heterocycles. The van der Waals surface area contributed by atoms with E-state index < -0.39 is 0 Å². The normalized spacial score (nSPS) is 12.3. The van der Waals surface area contributed by atoms with Gasteiger partial charge in [0.2, 0.25) is 0 Å². The van der Waals surface area contributed by atoms with E-state index in [-0.39, 0.29) is 0 Å². The summed E-state index contributed by atoms with van der Waals surface area (Å²) in [6, 6.07) is 12.6. The lowest BCUT2D eigenvalue weighted by Gasteiger charge is -2.22. The van der Waals surface area contributed by atoms with Crippen LogP contribution in [0.2, 0.25) is 0 Å². The molecule has 0 amide bonds. The molecule has 2 aromatic carbocycles. The summed E-state index contributed by atoms with van der Waals surface area (Å²) >= 11 is 0. The summed E-state index contributed by atoms with van der Waals surface area (Å²) < 4.78 is 0. The molecule has 4 N–H and O–H groups in total. The summed E-state index contributed by atoms with van der Waals surface area (Å²) in [6.45, 7) is 6.56. The molecule has 2 aromatic rings. The van der Waals surface area contributed by atoms with Crippen LogP contribution >= 0.6 is 0 Å². The fourth-order valence-corrected chi connectivity index (χ4v) is 2.97. The average molecular weight is 268 g/mol. The van der Waals surface area contributed by atoms with Crippen molar-refractivity contribution in [3.05, 3.63) is 58.7 Å². The first-order valence-corrected chi connectivity index (χ1v) is 7.34. The van der Waals surface area contributed by atoms with Crippen molar-refractivity contribution < 1.29 is 0 Å². The molecule has 0 saturated heterocycles. The van der Waals surface area contributed by atoms with Crippen LogP contribution in [0.4, 0.5) is 11.4 Å². The monoisotopic (exact) mass is 268 g/mol. The lowest BCUT2D eigenvalue weighted by atomic mass is 9.85. The van der Waals surface area contributed by atoms with E-state index in [1.165, 1.54) is 22.3 Å². The molecule has 1 unspecified atom stereocenters. The zero-order valence-corrected chi connectivity index (χ0v) is 12.6. The van der Waals surface area contributed by atoms with Crippen molar-refractivity contribution in [3.63, 3.8) is 0 Å². The predicted molar refractivity (Wildman–Crippen MR) is 88.0 cm³/mol. The summed E-state index contributed by atoms with van der Waals surface area (Å²) in [5.74, 6) is 0.333. The van der Waals surface area contributed by atoms with Gasteiger partial charge in [-0.2, -0.15) is 0 Å². The summed E-state index contributed by atoms with van der Waals surface area (Å²) in [5.41, 5.74) is 18.9. The van der Waals surface area contributed by atoms with Gasteiger partial charge in [-0.1, -0.05) is 51.1 Å². The lowest BCUT2D eigenvalue weighted by molar-refractivity contribution is 0.881. The number of anilines is 2. The quantitative estimate of drug-likeness (QED) is 0.819. The maximum Gasteiger partial charge on any atom is 0.0583 e. The summed E-state index contributed by atoms with van der Waals surface area (Å²) in [7, 11) is 0. The Balaban J connectivity index is 2.59. The zero-order chi connectivity index (χ0) is 14.7. The van der Waals surface area contributed by atoms with Crippen LogP contribution in [0.5, 0.6) is 0 Å². The molecule has 0 aliphatic heterocycles. The van der Waals surface area contributed by atoms with Crippen molar-refractivity contribution in [3.8, 4) is 0 Å². The van der Waals surface area contributed by atoms with Gasteiger partial charge < -0.3 is 11.5 Å². The van der Waals surface area contributed by atoms with Crippen molar-refractivity contribution in [1.29, 1.82) is 0 Å². The van der Waals surface area contributed by atoms with Crippen molar-refractivity contribution in [2.45, 2.75) is 39.5 Å². The number of hydrogen-bond donors (Lipinski definition) is 2. The van der Waals surface area contributed by atoms with E-state index in [0.717, 1.165) is 18.5 Å². The third kappa shape index (κ3) is 2.51. The molecule has 0 radical (unpaired) electrons. The van der Waals surface area contributed by atoms with Crippen LogP contribution in [-0.4, -0.2) is 0 Å². The molecule has 0 bridgehead atoms. The van der Waals surface area contributed by atoms with E-state index in [1.807, 2.05) is 6.07 Å². The smallest absolute Gasteiger partial charge is 0.0583 e. The van der Waals surface area contributed by atoms with Gasteiger partial charge in [-0.25, -0.2) is 0 Å². The van der Waals surface area contributed by atoms with Crippen LogP contribution < -0.4 is 11.5 Å². The molecular formula is C18H24N2. The number of rotatable bonds is 4. The Morgan fingerprint density at radius 3 is 2.10 bits per heavy atom. The highest BCUT2D eigenvalue weighted by Gasteiger charge is 2.17. The molecule has 0 aliphatic rings. The fraction of sp³-hybridized carbons (Fsp3) is 0.333. The fourth-order valence-electron chi connectivity index (χ4n) is 2.97. The van der Waals surface area contributed by atoms with Crippen molar-refractivity contribution >= 4 is 11.4 Å². The lowest BCUT2D eigenvalue weighted by Crippen LogP contribution is -2.09. The van der Waals surface area contributed by atoms with Crippen molar-refractivity contribution in [2.24, 2.45) is 0 Å². The average Bonchev–Trinajstić information content (AvgIpc) is 2.49. The Morgan fingerprint density at radius 2 is 1.55 bits per heavy atom. The largest absolute Gasteiger partial charge is 0.397 e. The molecule has 0 saturated carbocycles. The predicted octanol–water partition coefficient (Wildman–Crippen LogP) is 4.13. The van der Waals surface area contributed by atoms with Crippen molar-refractivity contribution in [1.82, 2.24) is 0 Å². The van der Waals surface area contributed by atoms with E-state index in [0.29, 0.717) is 11.6 Å². The molecule has 0 aliphatic carbocycles. The van der Waals surface area contributed by atoms with Gasteiger partial charge in [0, 0.05) is 5.92 Å². The van der Waals surface area contributed by atoms with Gasteiger partial charge in [-0.05, 0) is 41.2 Å². The number of nitrogens with two attached hydrogens (primary N) is 2. The van der Waals surface area contributed by atoms with Crippen LogP contribution in [0.15, 0.2) is 36.4 Å². The molecular weight excluding hydrogens is 244 g/mol.